The van der Waals surface area contributed by atoms with E-state index in [4.69, 9.17) is 10.2 Å². The van der Waals surface area contributed by atoms with Gasteiger partial charge in [0.25, 0.3) is 0 Å². The van der Waals surface area contributed by atoms with Crippen LogP contribution >= 0.6 is 0 Å². The Labute approximate surface area is 377 Å². The van der Waals surface area contributed by atoms with Gasteiger partial charge in [-0.2, -0.15) is 0 Å². The minimum atomic E-state index is -0.651. The van der Waals surface area contributed by atoms with Crippen LogP contribution in [0.4, 0.5) is 0 Å². The van der Waals surface area contributed by atoms with Gasteiger partial charge in [0.1, 0.15) is 0 Å². The van der Waals surface area contributed by atoms with Gasteiger partial charge >= 0.3 is 11.9 Å². The monoisotopic (exact) mass is 917 g/mol. The van der Waals surface area contributed by atoms with Crippen LogP contribution in [0.2, 0.25) is 0 Å². The van der Waals surface area contributed by atoms with Gasteiger partial charge in [0.05, 0.1) is 0 Å². The quantitative estimate of drug-likeness (QED) is 0.0473. The molecule has 0 aliphatic rings. The molecule has 0 aliphatic heterocycles. The minimum Gasteiger partial charge on any atom is -0.481 e. The largest absolute Gasteiger partial charge is 0.481 e. The fourth-order valence-electron chi connectivity index (χ4n) is 6.71. The molecule has 0 spiro atoms. The molecule has 2 N–H and O–H groups in total. The third-order valence-corrected chi connectivity index (χ3v) is 11.0. The second kappa shape index (κ2) is 67.5. The number of carboxylic acids is 2. The Hall–Kier alpha value is -0.261. The van der Waals surface area contributed by atoms with Crippen LogP contribution < -0.4 is 0 Å². The minimum absolute atomic E-state index is 0. The molecular weight excluding hydrogens is 807 g/mol. The second-order valence-corrected chi connectivity index (χ2v) is 17.0. The van der Waals surface area contributed by atoms with E-state index in [2.05, 4.69) is 41.5 Å². The van der Waals surface area contributed by atoms with Gasteiger partial charge in [0, 0.05) is 36.7 Å². The maximum absolute atomic E-state index is 10.4. The third-order valence-electron chi connectivity index (χ3n) is 11.0. The van der Waals surface area contributed by atoms with Crippen molar-refractivity contribution in [2.45, 2.75) is 324 Å². The maximum atomic E-state index is 10.4. The fourth-order valence-corrected chi connectivity index (χ4v) is 6.71. The first kappa shape index (κ1) is 65.9. The van der Waals surface area contributed by atoms with E-state index >= 15 is 0 Å². The zero-order valence-corrected chi connectivity index (χ0v) is 43.2. The summed E-state index contributed by atoms with van der Waals surface area (Å²) >= 11 is 0. The van der Waals surface area contributed by atoms with Gasteiger partial charge in [-0.25, -0.2) is 0 Å². The topological polar surface area (TPSA) is 74.6 Å². The van der Waals surface area contributed by atoms with Crippen LogP contribution in [0.1, 0.15) is 324 Å². The average Bonchev–Trinajstić information content (AvgIpc) is 3.19. The van der Waals surface area contributed by atoms with Gasteiger partial charge in [0.15, 0.2) is 0 Å². The molecule has 57 heavy (non-hydrogen) atoms. The van der Waals surface area contributed by atoms with Crippen molar-refractivity contribution >= 4 is 35.8 Å². The van der Waals surface area contributed by atoms with E-state index in [1.165, 1.54) is 244 Å². The molecule has 0 aromatic carbocycles. The summed E-state index contributed by atoms with van der Waals surface area (Å²) in [6.07, 6.45) is 57.5. The molecule has 0 heterocycles. The van der Waals surface area contributed by atoms with Crippen LogP contribution in [0.5, 0.6) is 0 Å². The fraction of sp³-hybridized carbons (Fsp3) is 0.962. The number of carbonyl (C=O) groups is 2. The SMILES string of the molecule is CCCC.CCCC.CCCCCCCCCCCCCCCCCCCCCC(=O)O.CCCCCCCCCCCCCCCCCCCCCC(=O)O.[Sn]. The molecule has 4 nitrogen and oxygen atoms in total. The van der Waals surface area contributed by atoms with Gasteiger partial charge in [0.2, 0.25) is 0 Å². The molecule has 0 aromatic rings. The number of hydrogen-bond acceptors (Lipinski definition) is 2. The molecule has 4 radical (unpaired) electrons. The van der Waals surface area contributed by atoms with Crippen molar-refractivity contribution < 1.29 is 19.8 Å². The van der Waals surface area contributed by atoms with Crippen LogP contribution in [0.25, 0.3) is 0 Å². The summed E-state index contributed by atoms with van der Waals surface area (Å²) in [4.78, 5) is 20.8. The molecule has 0 aromatic heterocycles. The Morgan fingerprint density at radius 2 is 0.351 bits per heavy atom. The van der Waals surface area contributed by atoms with Gasteiger partial charge < -0.3 is 10.2 Å². The summed E-state index contributed by atoms with van der Waals surface area (Å²) < 4.78 is 0. The van der Waals surface area contributed by atoms with E-state index in [9.17, 15) is 9.59 Å². The molecule has 0 atom stereocenters. The zero-order valence-electron chi connectivity index (χ0n) is 40.3. The smallest absolute Gasteiger partial charge is 0.303 e. The third kappa shape index (κ3) is 84.1. The Morgan fingerprint density at radius 3 is 0.456 bits per heavy atom. The van der Waals surface area contributed by atoms with Crippen molar-refractivity contribution in [1.29, 1.82) is 0 Å². The van der Waals surface area contributed by atoms with E-state index in [0.29, 0.717) is 12.8 Å². The van der Waals surface area contributed by atoms with Crippen molar-refractivity contribution in [3.8, 4) is 0 Å². The number of aliphatic carboxylic acids is 2. The van der Waals surface area contributed by atoms with Gasteiger partial charge in [-0.15, -0.1) is 0 Å². The number of unbranched alkanes of at least 4 members (excludes halogenated alkanes) is 38. The molecular formula is C52H108O4Sn. The Bertz CT molecular complexity index is 610. The molecule has 0 fully saturated rings. The Kier molecular flexibility index (Phi) is 78.0. The van der Waals surface area contributed by atoms with Crippen molar-refractivity contribution in [2.75, 3.05) is 0 Å². The predicted octanol–water partition coefficient (Wildman–Crippen LogP) is 19.0. The predicted molar refractivity (Wildman–Crippen MR) is 258 cm³/mol. The number of hydrogen-bond donors (Lipinski definition) is 2. The molecule has 0 saturated carbocycles. The van der Waals surface area contributed by atoms with Gasteiger partial charge in [-0.1, -0.05) is 298 Å². The van der Waals surface area contributed by atoms with Crippen LogP contribution in [-0.4, -0.2) is 46.1 Å². The number of rotatable bonds is 42. The molecule has 0 aliphatic carbocycles. The number of carboxylic acid groups (broad SMARTS) is 2. The normalized spacial score (nSPS) is 10.4. The average molecular weight is 916 g/mol. The first-order valence-corrected chi connectivity index (χ1v) is 25.8. The maximum Gasteiger partial charge on any atom is 0.303 e. The standard InChI is InChI=1S/2C22H44O2.2C4H10.Sn/c2*1-2-3-4-5-6-7-8-9-10-11-12-13-14-15-16-17-18-19-20-21-22(23)24;2*1-3-4-2;/h2*2-21H2,1H3,(H,23,24);2*3-4H2,1-2H3;. The van der Waals surface area contributed by atoms with E-state index in [1.807, 2.05) is 0 Å². The molecule has 0 amide bonds. The van der Waals surface area contributed by atoms with E-state index in [-0.39, 0.29) is 23.9 Å². The molecule has 0 saturated heterocycles. The van der Waals surface area contributed by atoms with Gasteiger partial charge in [-0.3, -0.25) is 9.59 Å². The summed E-state index contributed by atoms with van der Waals surface area (Å²) in [6.45, 7) is 13.3. The molecule has 0 bridgehead atoms. The molecule has 0 rings (SSSR count). The van der Waals surface area contributed by atoms with Crippen LogP contribution in [0, 0.1) is 0 Å². The van der Waals surface area contributed by atoms with Crippen molar-refractivity contribution in [2.24, 2.45) is 0 Å². The van der Waals surface area contributed by atoms with E-state index < -0.39 is 11.9 Å². The summed E-state index contributed by atoms with van der Waals surface area (Å²) in [5, 5.41) is 17.1. The van der Waals surface area contributed by atoms with Crippen molar-refractivity contribution in [3.63, 3.8) is 0 Å². The zero-order chi connectivity index (χ0) is 42.3. The van der Waals surface area contributed by atoms with E-state index in [1.54, 1.807) is 0 Å². The first-order chi connectivity index (χ1) is 27.4. The molecule has 344 valence electrons. The van der Waals surface area contributed by atoms with Crippen molar-refractivity contribution in [1.82, 2.24) is 0 Å². The second-order valence-electron chi connectivity index (χ2n) is 17.0. The molecule has 0 unspecified atom stereocenters. The molecule has 5 heteroatoms. The van der Waals surface area contributed by atoms with E-state index in [0.717, 1.165) is 25.7 Å². The van der Waals surface area contributed by atoms with Crippen LogP contribution in [-0.2, 0) is 9.59 Å². The summed E-state index contributed by atoms with van der Waals surface area (Å²) in [5.41, 5.74) is 0. The first-order valence-electron chi connectivity index (χ1n) is 25.8. The Balaban J connectivity index is -0.000000261. The van der Waals surface area contributed by atoms with Gasteiger partial charge in [-0.05, 0) is 12.8 Å². The van der Waals surface area contributed by atoms with Crippen LogP contribution in [0.3, 0.4) is 0 Å². The summed E-state index contributed by atoms with van der Waals surface area (Å²) in [5.74, 6) is -1.30. The summed E-state index contributed by atoms with van der Waals surface area (Å²) in [7, 11) is 0. The Morgan fingerprint density at radius 1 is 0.228 bits per heavy atom. The summed E-state index contributed by atoms with van der Waals surface area (Å²) in [6, 6.07) is 0. The van der Waals surface area contributed by atoms with Crippen LogP contribution in [0.15, 0.2) is 0 Å². The van der Waals surface area contributed by atoms with Crippen molar-refractivity contribution in [3.05, 3.63) is 0 Å².